The van der Waals surface area contributed by atoms with Crippen molar-refractivity contribution >= 4 is 20.9 Å². The highest BCUT2D eigenvalue weighted by atomic mass is 32.2. The molecule has 120 valence electrons. The summed E-state index contributed by atoms with van der Waals surface area (Å²) in [6, 6.07) is 15.5. The summed E-state index contributed by atoms with van der Waals surface area (Å²) in [4.78, 5) is 3.26. The molecular weight excluding hydrogens is 308 g/mol. The summed E-state index contributed by atoms with van der Waals surface area (Å²) in [6.07, 6.45) is 0. The summed E-state index contributed by atoms with van der Waals surface area (Å²) in [5.74, 6) is 0.00514. The topological polar surface area (TPSA) is 62.0 Å². The lowest BCUT2D eigenvalue weighted by Crippen LogP contribution is -2.25. The predicted molar refractivity (Wildman–Crippen MR) is 93.7 cm³/mol. The Morgan fingerprint density at radius 3 is 2.61 bits per heavy atom. The molecule has 0 unspecified atom stereocenters. The van der Waals surface area contributed by atoms with Crippen LogP contribution in [0.2, 0.25) is 0 Å². The second-order valence-corrected chi connectivity index (χ2v) is 7.69. The van der Waals surface area contributed by atoms with Gasteiger partial charge in [-0.3, -0.25) is 0 Å². The Labute approximate surface area is 136 Å². The smallest absolute Gasteiger partial charge is 0.216 e. The van der Waals surface area contributed by atoms with E-state index in [1.165, 1.54) is 0 Å². The van der Waals surface area contributed by atoms with Crippen LogP contribution in [0.1, 0.15) is 22.4 Å². The van der Waals surface area contributed by atoms with E-state index in [2.05, 4.69) is 15.8 Å². The zero-order chi connectivity index (χ0) is 16.4. The van der Waals surface area contributed by atoms with E-state index in [1.807, 2.05) is 56.3 Å². The van der Waals surface area contributed by atoms with Crippen LogP contribution in [0.4, 0.5) is 0 Å². The van der Waals surface area contributed by atoms with Crippen molar-refractivity contribution in [1.29, 1.82) is 0 Å². The van der Waals surface area contributed by atoms with Crippen LogP contribution >= 0.6 is 0 Å². The van der Waals surface area contributed by atoms with E-state index in [4.69, 9.17) is 0 Å². The zero-order valence-corrected chi connectivity index (χ0v) is 14.1. The fourth-order valence-electron chi connectivity index (χ4n) is 2.66. The van der Waals surface area contributed by atoms with Gasteiger partial charge in [-0.25, -0.2) is 13.1 Å². The molecule has 2 N–H and O–H groups in total. The van der Waals surface area contributed by atoms with Gasteiger partial charge in [0, 0.05) is 17.8 Å². The van der Waals surface area contributed by atoms with E-state index < -0.39 is 10.0 Å². The number of hydrogen-bond donors (Lipinski definition) is 2. The molecule has 0 aliphatic heterocycles. The SMILES string of the molecule is Cc1cc2cc(CNS(=O)(=O)Cc3ccccc3C)ccc2[nH]1. The molecular formula is C18H20N2O2S. The second-order valence-electron chi connectivity index (χ2n) is 5.88. The standard InChI is InChI=1S/C18H20N2O2S/c1-13-5-3-4-6-16(13)12-23(21,22)19-11-15-7-8-18-17(10-15)9-14(2)20-18/h3-10,19-20H,11-12H2,1-2H3. The second kappa shape index (κ2) is 6.18. The fraction of sp³-hybridized carbons (Fsp3) is 0.222. The normalized spacial score (nSPS) is 11.9. The molecule has 0 saturated carbocycles. The Bertz CT molecular complexity index is 943. The number of fused-ring (bicyclic) bond motifs is 1. The molecule has 0 bridgehead atoms. The number of H-pyrrole nitrogens is 1. The summed E-state index contributed by atoms with van der Waals surface area (Å²) >= 11 is 0. The molecule has 4 nitrogen and oxygen atoms in total. The van der Waals surface area contributed by atoms with Crippen LogP contribution in [0.15, 0.2) is 48.5 Å². The number of hydrogen-bond acceptors (Lipinski definition) is 2. The molecule has 3 aromatic rings. The molecule has 0 fully saturated rings. The van der Waals surface area contributed by atoms with Crippen molar-refractivity contribution in [3.63, 3.8) is 0 Å². The molecule has 0 aliphatic carbocycles. The van der Waals surface area contributed by atoms with Crippen LogP contribution in [-0.2, 0) is 22.3 Å². The van der Waals surface area contributed by atoms with Crippen molar-refractivity contribution in [2.75, 3.05) is 0 Å². The van der Waals surface area contributed by atoms with Crippen molar-refractivity contribution in [1.82, 2.24) is 9.71 Å². The third kappa shape index (κ3) is 3.81. The summed E-state index contributed by atoms with van der Waals surface area (Å²) in [5.41, 5.74) is 4.93. The lowest BCUT2D eigenvalue weighted by Gasteiger charge is -2.09. The minimum Gasteiger partial charge on any atom is -0.359 e. The Balaban J connectivity index is 1.71. The maximum atomic E-state index is 12.3. The van der Waals surface area contributed by atoms with Gasteiger partial charge in [-0.2, -0.15) is 0 Å². The first kappa shape index (κ1) is 15.8. The average Bonchev–Trinajstić information content (AvgIpc) is 2.87. The first-order valence-corrected chi connectivity index (χ1v) is 9.18. The number of benzene rings is 2. The van der Waals surface area contributed by atoms with Crippen LogP contribution in [0, 0.1) is 13.8 Å². The van der Waals surface area contributed by atoms with Gasteiger partial charge in [-0.15, -0.1) is 0 Å². The Kier molecular flexibility index (Phi) is 4.24. The number of sulfonamides is 1. The number of rotatable bonds is 5. The molecule has 0 amide bonds. The molecule has 3 rings (SSSR count). The van der Waals surface area contributed by atoms with Gasteiger partial charge >= 0.3 is 0 Å². The Hall–Kier alpha value is -2.11. The van der Waals surface area contributed by atoms with Gasteiger partial charge in [0.15, 0.2) is 0 Å². The minimum absolute atomic E-state index is 0.00514. The molecule has 0 aliphatic rings. The average molecular weight is 328 g/mol. The molecule has 0 saturated heterocycles. The van der Waals surface area contributed by atoms with Gasteiger partial charge in [-0.05, 0) is 54.1 Å². The highest BCUT2D eigenvalue weighted by Crippen LogP contribution is 2.17. The molecule has 23 heavy (non-hydrogen) atoms. The van der Waals surface area contributed by atoms with Gasteiger partial charge in [0.1, 0.15) is 0 Å². The summed E-state index contributed by atoms with van der Waals surface area (Å²) < 4.78 is 27.2. The number of aromatic amines is 1. The first-order chi connectivity index (χ1) is 10.9. The monoisotopic (exact) mass is 328 g/mol. The maximum Gasteiger partial charge on any atom is 0.216 e. The summed E-state index contributed by atoms with van der Waals surface area (Å²) in [5, 5.41) is 1.10. The van der Waals surface area contributed by atoms with Crippen LogP contribution in [0.25, 0.3) is 10.9 Å². The molecule has 0 radical (unpaired) electrons. The van der Waals surface area contributed by atoms with Crippen LogP contribution in [-0.4, -0.2) is 13.4 Å². The van der Waals surface area contributed by atoms with Crippen molar-refractivity contribution < 1.29 is 8.42 Å². The Morgan fingerprint density at radius 2 is 1.83 bits per heavy atom. The van der Waals surface area contributed by atoms with E-state index in [0.29, 0.717) is 6.54 Å². The Morgan fingerprint density at radius 1 is 1.04 bits per heavy atom. The van der Waals surface area contributed by atoms with E-state index in [1.54, 1.807) is 0 Å². The molecule has 1 aromatic heterocycles. The molecule has 2 aromatic carbocycles. The summed E-state index contributed by atoms with van der Waals surface area (Å²) in [7, 11) is -3.36. The number of aryl methyl sites for hydroxylation is 2. The van der Waals surface area contributed by atoms with E-state index in [9.17, 15) is 8.42 Å². The maximum absolute atomic E-state index is 12.3. The highest BCUT2D eigenvalue weighted by molar-refractivity contribution is 7.88. The predicted octanol–water partition coefficient (Wildman–Crippen LogP) is 3.40. The minimum atomic E-state index is -3.36. The fourth-order valence-corrected chi connectivity index (χ4v) is 3.88. The molecule has 5 heteroatoms. The van der Waals surface area contributed by atoms with Gasteiger partial charge in [0.05, 0.1) is 5.75 Å². The van der Waals surface area contributed by atoms with Crippen molar-refractivity contribution in [2.24, 2.45) is 0 Å². The van der Waals surface area contributed by atoms with Crippen LogP contribution in [0.5, 0.6) is 0 Å². The van der Waals surface area contributed by atoms with Crippen molar-refractivity contribution in [3.8, 4) is 0 Å². The quantitative estimate of drug-likeness (QED) is 0.754. The van der Waals surface area contributed by atoms with E-state index >= 15 is 0 Å². The van der Waals surface area contributed by atoms with Gasteiger partial charge < -0.3 is 4.98 Å². The van der Waals surface area contributed by atoms with E-state index in [-0.39, 0.29) is 5.75 Å². The largest absolute Gasteiger partial charge is 0.359 e. The third-order valence-electron chi connectivity index (χ3n) is 3.92. The molecule has 0 spiro atoms. The van der Waals surface area contributed by atoms with Gasteiger partial charge in [0.2, 0.25) is 10.0 Å². The summed E-state index contributed by atoms with van der Waals surface area (Å²) in [6.45, 7) is 4.23. The van der Waals surface area contributed by atoms with Crippen molar-refractivity contribution in [3.05, 3.63) is 70.9 Å². The zero-order valence-electron chi connectivity index (χ0n) is 13.3. The number of nitrogens with one attached hydrogen (secondary N) is 2. The lowest BCUT2D eigenvalue weighted by molar-refractivity contribution is 0.580. The van der Waals surface area contributed by atoms with Crippen LogP contribution in [0.3, 0.4) is 0 Å². The highest BCUT2D eigenvalue weighted by Gasteiger charge is 2.13. The lowest BCUT2D eigenvalue weighted by atomic mass is 10.1. The van der Waals surface area contributed by atoms with Gasteiger partial charge in [-0.1, -0.05) is 30.3 Å². The van der Waals surface area contributed by atoms with Gasteiger partial charge in [0.25, 0.3) is 0 Å². The third-order valence-corrected chi connectivity index (χ3v) is 5.20. The first-order valence-electron chi connectivity index (χ1n) is 7.53. The van der Waals surface area contributed by atoms with Crippen molar-refractivity contribution in [2.45, 2.75) is 26.1 Å². The molecule has 1 heterocycles. The molecule has 0 atom stereocenters. The van der Waals surface area contributed by atoms with Crippen LogP contribution < -0.4 is 4.72 Å². The van der Waals surface area contributed by atoms with E-state index in [0.717, 1.165) is 33.3 Å². The number of aromatic nitrogens is 1.